The van der Waals surface area contributed by atoms with Crippen LogP contribution in [0.3, 0.4) is 0 Å². The summed E-state index contributed by atoms with van der Waals surface area (Å²) >= 11 is 0. The van der Waals surface area contributed by atoms with E-state index in [0.717, 1.165) is 63.8 Å². The minimum Gasteiger partial charge on any atom is -0.469 e. The van der Waals surface area contributed by atoms with Gasteiger partial charge in [0, 0.05) is 6.54 Å². The number of carbonyl (C=O) groups excluding carboxylic acids is 1. The fourth-order valence-electron chi connectivity index (χ4n) is 6.92. The molecule has 1 aromatic carbocycles. The van der Waals surface area contributed by atoms with Gasteiger partial charge < -0.3 is 14.5 Å². The van der Waals surface area contributed by atoms with E-state index in [0.29, 0.717) is 11.8 Å². The Morgan fingerprint density at radius 2 is 1.97 bits per heavy atom. The van der Waals surface area contributed by atoms with Crippen molar-refractivity contribution < 1.29 is 13.9 Å². The molecule has 1 heterocycles. The fourth-order valence-corrected chi connectivity index (χ4v) is 6.92. The number of benzene rings is 1. The molecule has 4 atom stereocenters. The molecule has 178 valence electrons. The van der Waals surface area contributed by atoms with Gasteiger partial charge in [0.15, 0.2) is 0 Å². The highest BCUT2D eigenvalue weighted by atomic mass is 16.5. The van der Waals surface area contributed by atoms with Crippen LogP contribution in [0.1, 0.15) is 69.3 Å². The number of methoxy groups -OCH3 is 1. The van der Waals surface area contributed by atoms with Crippen molar-refractivity contribution in [1.29, 1.82) is 0 Å². The van der Waals surface area contributed by atoms with Gasteiger partial charge in [-0.2, -0.15) is 0 Å². The normalized spacial score (nSPS) is 29.5. The maximum absolute atomic E-state index is 12.8. The van der Waals surface area contributed by atoms with Crippen molar-refractivity contribution in [2.45, 2.75) is 71.9 Å². The number of ether oxygens (including phenoxy) is 1. The molecule has 0 bridgehead atoms. The fraction of sp³-hybridized carbons (Fsp3) is 0.552. The van der Waals surface area contributed by atoms with E-state index in [4.69, 9.17) is 9.15 Å². The summed E-state index contributed by atoms with van der Waals surface area (Å²) in [6.45, 7) is 10.6. The molecule has 4 heteroatoms. The lowest BCUT2D eigenvalue weighted by atomic mass is 9.46. The van der Waals surface area contributed by atoms with Crippen LogP contribution in [-0.2, 0) is 29.0 Å². The lowest BCUT2D eigenvalue weighted by Gasteiger charge is -2.57. The van der Waals surface area contributed by atoms with Crippen molar-refractivity contribution in [3.8, 4) is 0 Å². The second kappa shape index (κ2) is 9.89. The number of furan rings is 1. The summed E-state index contributed by atoms with van der Waals surface area (Å²) in [5.41, 5.74) is 3.61. The average Bonchev–Trinajstić information content (AvgIpc) is 3.25. The predicted molar refractivity (Wildman–Crippen MR) is 131 cm³/mol. The average molecular weight is 450 g/mol. The molecule has 4 rings (SSSR count). The number of fused-ring (bicyclic) bond motifs is 1. The molecule has 0 spiro atoms. The first-order valence-electron chi connectivity index (χ1n) is 12.4. The Labute approximate surface area is 198 Å². The summed E-state index contributed by atoms with van der Waals surface area (Å²) < 4.78 is 11.1. The quantitative estimate of drug-likeness (QED) is 0.371. The van der Waals surface area contributed by atoms with Gasteiger partial charge in [-0.1, -0.05) is 55.8 Å². The van der Waals surface area contributed by atoms with Crippen LogP contribution in [0.5, 0.6) is 0 Å². The molecule has 2 aliphatic rings. The number of allylic oxidation sites excluding steroid dienone is 1. The molecule has 2 saturated carbocycles. The zero-order valence-corrected chi connectivity index (χ0v) is 20.5. The smallest absolute Gasteiger partial charge is 0.311 e. The van der Waals surface area contributed by atoms with Crippen LogP contribution in [-0.4, -0.2) is 13.1 Å². The summed E-state index contributed by atoms with van der Waals surface area (Å²) in [6.07, 6.45) is 9.04. The Kier molecular flexibility index (Phi) is 7.13. The molecule has 2 aromatic rings. The van der Waals surface area contributed by atoms with Gasteiger partial charge in [0.2, 0.25) is 0 Å². The number of hydrogen-bond donors (Lipinski definition) is 1. The van der Waals surface area contributed by atoms with Gasteiger partial charge in [0.1, 0.15) is 5.76 Å². The van der Waals surface area contributed by atoms with Crippen molar-refractivity contribution in [2.24, 2.45) is 22.7 Å². The summed E-state index contributed by atoms with van der Waals surface area (Å²) in [7, 11) is 1.53. The largest absolute Gasteiger partial charge is 0.469 e. The zero-order valence-electron chi connectivity index (χ0n) is 20.5. The topological polar surface area (TPSA) is 51.5 Å². The minimum atomic E-state index is -0.386. The van der Waals surface area contributed by atoms with Crippen LogP contribution < -0.4 is 5.32 Å². The third kappa shape index (κ3) is 4.68. The summed E-state index contributed by atoms with van der Waals surface area (Å²) in [4.78, 5) is 12.8. The number of esters is 1. The minimum absolute atomic E-state index is 0.0358. The number of aryl methyl sites for hydroxylation is 1. The number of hydrogen-bond acceptors (Lipinski definition) is 4. The van der Waals surface area contributed by atoms with Gasteiger partial charge in [-0.05, 0) is 79.9 Å². The third-order valence-electron chi connectivity index (χ3n) is 8.67. The van der Waals surface area contributed by atoms with Crippen molar-refractivity contribution >= 4 is 5.97 Å². The molecular weight excluding hydrogens is 410 g/mol. The summed E-state index contributed by atoms with van der Waals surface area (Å²) in [5.74, 6) is 1.75. The van der Waals surface area contributed by atoms with E-state index in [1.165, 1.54) is 23.8 Å². The van der Waals surface area contributed by atoms with E-state index in [1.54, 1.807) is 0 Å². The first-order chi connectivity index (χ1) is 15.9. The van der Waals surface area contributed by atoms with Crippen molar-refractivity contribution in [2.75, 3.05) is 7.11 Å². The van der Waals surface area contributed by atoms with Crippen LogP contribution in [0.4, 0.5) is 0 Å². The number of rotatable bonds is 8. The van der Waals surface area contributed by atoms with Gasteiger partial charge in [0.05, 0.1) is 25.3 Å². The lowest BCUT2D eigenvalue weighted by molar-refractivity contribution is -0.168. The van der Waals surface area contributed by atoms with E-state index in [1.807, 2.05) is 12.3 Å². The molecule has 0 radical (unpaired) electrons. The standard InChI is InChI=1S/C29H39NO3/c1-21-11-14-26-28(2,16-8-17-29(26,3)27(31)32-4)24(21)13-12-23-15-18-33-25(23)20-30-19-22-9-6-5-7-10-22/h5-7,9-10,15,18,24,26,30H,1,8,11-14,16-17,19-20H2,2-4H3/t24-,26-,28-,29+/m0/s1. The lowest BCUT2D eigenvalue weighted by Crippen LogP contribution is -2.53. The Balaban J connectivity index is 1.43. The Bertz CT molecular complexity index is 964. The van der Waals surface area contributed by atoms with Gasteiger partial charge in [-0.3, -0.25) is 4.79 Å². The van der Waals surface area contributed by atoms with Crippen molar-refractivity contribution in [3.63, 3.8) is 0 Å². The van der Waals surface area contributed by atoms with Crippen LogP contribution in [0.15, 0.2) is 59.2 Å². The molecule has 0 unspecified atom stereocenters. The monoisotopic (exact) mass is 449 g/mol. The SMILES string of the molecule is C=C1CC[C@H]2[C@@](C)(CCC[C@@]2(C)C(=O)OC)[C@H]1CCc1ccoc1CNCc1ccccc1. The number of carbonyl (C=O) groups is 1. The van der Waals surface area contributed by atoms with E-state index in [-0.39, 0.29) is 16.8 Å². The predicted octanol–water partition coefficient (Wildman–Crippen LogP) is 6.45. The Morgan fingerprint density at radius 3 is 2.73 bits per heavy atom. The van der Waals surface area contributed by atoms with E-state index in [9.17, 15) is 4.79 Å². The second-order valence-corrected chi connectivity index (χ2v) is 10.6. The molecule has 0 amide bonds. The summed E-state index contributed by atoms with van der Waals surface area (Å²) in [6, 6.07) is 12.6. The van der Waals surface area contributed by atoms with Crippen LogP contribution >= 0.6 is 0 Å². The van der Waals surface area contributed by atoms with E-state index < -0.39 is 0 Å². The number of nitrogens with one attached hydrogen (secondary N) is 1. The van der Waals surface area contributed by atoms with Crippen molar-refractivity contribution in [1.82, 2.24) is 5.32 Å². The van der Waals surface area contributed by atoms with Gasteiger partial charge >= 0.3 is 5.97 Å². The van der Waals surface area contributed by atoms with Crippen LogP contribution in [0.2, 0.25) is 0 Å². The summed E-state index contributed by atoms with van der Waals surface area (Å²) in [5, 5.41) is 3.51. The van der Waals surface area contributed by atoms with E-state index >= 15 is 0 Å². The zero-order chi connectivity index (χ0) is 23.5. The molecule has 0 aliphatic heterocycles. The molecule has 2 aliphatic carbocycles. The van der Waals surface area contributed by atoms with E-state index in [2.05, 4.69) is 56.1 Å². The van der Waals surface area contributed by atoms with Gasteiger partial charge in [-0.15, -0.1) is 0 Å². The Hall–Kier alpha value is -2.33. The molecule has 0 saturated heterocycles. The second-order valence-electron chi connectivity index (χ2n) is 10.6. The Morgan fingerprint density at radius 1 is 1.18 bits per heavy atom. The third-order valence-corrected chi connectivity index (χ3v) is 8.67. The molecule has 1 aromatic heterocycles. The molecule has 33 heavy (non-hydrogen) atoms. The van der Waals surface area contributed by atoms with Crippen LogP contribution in [0.25, 0.3) is 0 Å². The molecular formula is C29H39NO3. The maximum Gasteiger partial charge on any atom is 0.311 e. The van der Waals surface area contributed by atoms with Gasteiger partial charge in [0.25, 0.3) is 0 Å². The first-order valence-corrected chi connectivity index (χ1v) is 12.4. The highest BCUT2D eigenvalue weighted by molar-refractivity contribution is 5.77. The first kappa shape index (κ1) is 23.8. The van der Waals surface area contributed by atoms with Crippen LogP contribution in [0, 0.1) is 22.7 Å². The van der Waals surface area contributed by atoms with Gasteiger partial charge in [-0.25, -0.2) is 0 Å². The highest BCUT2D eigenvalue weighted by Crippen LogP contribution is 2.62. The molecule has 4 nitrogen and oxygen atoms in total. The molecule has 2 fully saturated rings. The highest BCUT2D eigenvalue weighted by Gasteiger charge is 2.57. The van der Waals surface area contributed by atoms with Crippen molar-refractivity contribution in [3.05, 3.63) is 71.7 Å². The molecule has 1 N–H and O–H groups in total. The maximum atomic E-state index is 12.8.